The fourth-order valence-corrected chi connectivity index (χ4v) is 1.66. The summed E-state index contributed by atoms with van der Waals surface area (Å²) >= 11 is 0. The maximum absolute atomic E-state index is 5.10. The molecule has 1 rings (SSSR count). The highest BCUT2D eigenvalue weighted by Crippen LogP contribution is 2.09. The Kier molecular flexibility index (Phi) is 7.29. The van der Waals surface area contributed by atoms with Crippen molar-refractivity contribution >= 4 is 5.82 Å². The molecule has 0 fully saturated rings. The van der Waals surface area contributed by atoms with Crippen molar-refractivity contribution in [1.29, 1.82) is 0 Å². The maximum atomic E-state index is 5.10. The first-order chi connectivity index (χ1) is 8.81. The molecule has 0 aliphatic rings. The highest BCUT2D eigenvalue weighted by molar-refractivity contribution is 5.36. The van der Waals surface area contributed by atoms with Crippen LogP contribution in [0.4, 0.5) is 5.82 Å². The third kappa shape index (κ3) is 4.98. The van der Waals surface area contributed by atoms with Crippen LogP contribution >= 0.6 is 0 Å². The lowest BCUT2D eigenvalue weighted by molar-refractivity contribution is 0.205. The summed E-state index contributed by atoms with van der Waals surface area (Å²) in [7, 11) is 1.71. The molecular formula is C13H24N4O. The van der Waals surface area contributed by atoms with Gasteiger partial charge >= 0.3 is 0 Å². The fraction of sp³-hybridized carbons (Fsp3) is 0.692. The van der Waals surface area contributed by atoms with Crippen LogP contribution in [-0.4, -0.2) is 43.3 Å². The van der Waals surface area contributed by atoms with Gasteiger partial charge in [0.25, 0.3) is 0 Å². The Morgan fingerprint density at radius 2 is 2.17 bits per heavy atom. The predicted molar refractivity (Wildman–Crippen MR) is 73.8 cm³/mol. The number of aromatic nitrogens is 2. The Labute approximate surface area is 110 Å². The van der Waals surface area contributed by atoms with E-state index in [0.29, 0.717) is 6.61 Å². The van der Waals surface area contributed by atoms with E-state index in [9.17, 15) is 0 Å². The number of likely N-dealkylation sites (N-methyl/N-ethyl adjacent to an activating group) is 1. The number of methoxy groups -OCH3 is 1. The van der Waals surface area contributed by atoms with Crippen molar-refractivity contribution in [2.75, 3.05) is 38.3 Å². The van der Waals surface area contributed by atoms with E-state index in [-0.39, 0.29) is 0 Å². The molecule has 0 aliphatic carbocycles. The molecule has 0 amide bonds. The normalized spacial score (nSPS) is 10.6. The molecule has 0 saturated heterocycles. The van der Waals surface area contributed by atoms with E-state index in [4.69, 9.17) is 4.74 Å². The quantitative estimate of drug-likeness (QED) is 0.674. The molecule has 5 heteroatoms. The Morgan fingerprint density at radius 1 is 1.33 bits per heavy atom. The van der Waals surface area contributed by atoms with E-state index in [1.807, 2.05) is 12.4 Å². The Hall–Kier alpha value is -1.20. The van der Waals surface area contributed by atoms with Crippen LogP contribution in [0.25, 0.3) is 0 Å². The Morgan fingerprint density at radius 3 is 2.83 bits per heavy atom. The summed E-state index contributed by atoms with van der Waals surface area (Å²) in [6, 6.07) is 0. The van der Waals surface area contributed by atoms with Crippen LogP contribution in [0.15, 0.2) is 12.4 Å². The molecule has 18 heavy (non-hydrogen) atoms. The molecule has 1 N–H and O–H groups in total. The van der Waals surface area contributed by atoms with Crippen molar-refractivity contribution in [3.8, 4) is 0 Å². The van der Waals surface area contributed by atoms with Gasteiger partial charge < -0.3 is 15.0 Å². The fourth-order valence-electron chi connectivity index (χ4n) is 1.66. The highest BCUT2D eigenvalue weighted by atomic mass is 16.5. The van der Waals surface area contributed by atoms with E-state index < -0.39 is 0 Å². The number of nitrogens with zero attached hydrogens (tertiary/aromatic N) is 3. The van der Waals surface area contributed by atoms with Gasteiger partial charge in [0.15, 0.2) is 0 Å². The van der Waals surface area contributed by atoms with Crippen LogP contribution in [0.2, 0.25) is 0 Å². The summed E-state index contributed by atoms with van der Waals surface area (Å²) in [5.41, 5.74) is 0.983. The van der Waals surface area contributed by atoms with Crippen molar-refractivity contribution in [2.45, 2.75) is 26.8 Å². The van der Waals surface area contributed by atoms with Gasteiger partial charge in [0.05, 0.1) is 18.5 Å². The van der Waals surface area contributed by atoms with Crippen molar-refractivity contribution in [1.82, 2.24) is 15.3 Å². The Balaban J connectivity index is 2.60. The molecule has 0 radical (unpaired) electrons. The minimum absolute atomic E-state index is 0.702. The number of rotatable bonds is 9. The van der Waals surface area contributed by atoms with Gasteiger partial charge in [0.2, 0.25) is 0 Å². The van der Waals surface area contributed by atoms with Crippen molar-refractivity contribution in [3.05, 3.63) is 18.1 Å². The molecule has 102 valence electrons. The van der Waals surface area contributed by atoms with Crippen LogP contribution in [0, 0.1) is 0 Å². The molecular weight excluding hydrogens is 228 g/mol. The minimum atomic E-state index is 0.702. The average molecular weight is 252 g/mol. The molecule has 1 aromatic heterocycles. The summed E-state index contributed by atoms with van der Waals surface area (Å²) in [5, 5.41) is 3.33. The summed E-state index contributed by atoms with van der Waals surface area (Å²) in [6.45, 7) is 8.49. The molecule has 0 atom stereocenters. The van der Waals surface area contributed by atoms with Crippen LogP contribution in [0.1, 0.15) is 26.0 Å². The first-order valence-electron chi connectivity index (χ1n) is 6.57. The SMILES string of the molecule is CCCNCc1cncc(N(CC)CCOC)n1. The number of ether oxygens (including phenoxy) is 1. The first-order valence-corrected chi connectivity index (χ1v) is 6.57. The third-order valence-corrected chi connectivity index (χ3v) is 2.68. The van der Waals surface area contributed by atoms with Crippen LogP contribution in [0.5, 0.6) is 0 Å². The monoisotopic (exact) mass is 252 g/mol. The van der Waals surface area contributed by atoms with Gasteiger partial charge in [-0.25, -0.2) is 4.98 Å². The van der Waals surface area contributed by atoms with Gasteiger partial charge in [-0.15, -0.1) is 0 Å². The van der Waals surface area contributed by atoms with E-state index in [2.05, 4.69) is 34.0 Å². The van der Waals surface area contributed by atoms with Crippen molar-refractivity contribution in [3.63, 3.8) is 0 Å². The number of hydrogen-bond acceptors (Lipinski definition) is 5. The molecule has 0 aromatic carbocycles. The molecule has 0 saturated carbocycles. The summed E-state index contributed by atoms with van der Waals surface area (Å²) in [4.78, 5) is 11.0. The summed E-state index contributed by atoms with van der Waals surface area (Å²) < 4.78 is 5.10. The van der Waals surface area contributed by atoms with E-state index in [0.717, 1.165) is 44.1 Å². The molecule has 1 heterocycles. The lowest BCUT2D eigenvalue weighted by atomic mass is 10.4. The molecule has 1 aromatic rings. The molecule has 0 bridgehead atoms. The average Bonchev–Trinajstić information content (AvgIpc) is 2.40. The van der Waals surface area contributed by atoms with E-state index in [1.165, 1.54) is 0 Å². The second-order valence-electron chi connectivity index (χ2n) is 4.12. The predicted octanol–water partition coefficient (Wildman–Crippen LogP) is 1.45. The van der Waals surface area contributed by atoms with E-state index >= 15 is 0 Å². The van der Waals surface area contributed by atoms with Crippen LogP contribution < -0.4 is 10.2 Å². The topological polar surface area (TPSA) is 50.3 Å². The zero-order valence-corrected chi connectivity index (χ0v) is 11.6. The third-order valence-electron chi connectivity index (χ3n) is 2.68. The zero-order chi connectivity index (χ0) is 13.2. The largest absolute Gasteiger partial charge is 0.383 e. The molecule has 0 aliphatic heterocycles. The van der Waals surface area contributed by atoms with Gasteiger partial charge in [-0.2, -0.15) is 0 Å². The lowest BCUT2D eigenvalue weighted by Crippen LogP contribution is -2.28. The second kappa shape index (κ2) is 8.83. The molecule has 0 spiro atoms. The number of anilines is 1. The number of nitrogens with one attached hydrogen (secondary N) is 1. The van der Waals surface area contributed by atoms with Crippen molar-refractivity contribution in [2.24, 2.45) is 0 Å². The molecule has 0 unspecified atom stereocenters. The first kappa shape index (κ1) is 14.9. The number of hydrogen-bond donors (Lipinski definition) is 1. The standard InChI is InChI=1S/C13H24N4O/c1-4-6-14-9-12-10-15-11-13(16-12)17(5-2)7-8-18-3/h10-11,14H,4-9H2,1-3H3. The minimum Gasteiger partial charge on any atom is -0.383 e. The Bertz CT molecular complexity index is 333. The van der Waals surface area contributed by atoms with Crippen molar-refractivity contribution < 1.29 is 4.74 Å². The van der Waals surface area contributed by atoms with Gasteiger partial charge in [-0.05, 0) is 19.9 Å². The summed E-state index contributed by atoms with van der Waals surface area (Å²) in [6.07, 6.45) is 4.75. The highest BCUT2D eigenvalue weighted by Gasteiger charge is 2.06. The van der Waals surface area contributed by atoms with Gasteiger partial charge in [0.1, 0.15) is 5.82 Å². The molecule has 5 nitrogen and oxygen atoms in total. The smallest absolute Gasteiger partial charge is 0.147 e. The van der Waals surface area contributed by atoms with Gasteiger partial charge in [-0.3, -0.25) is 4.98 Å². The zero-order valence-electron chi connectivity index (χ0n) is 11.6. The van der Waals surface area contributed by atoms with E-state index in [1.54, 1.807) is 7.11 Å². The summed E-state index contributed by atoms with van der Waals surface area (Å²) in [5.74, 6) is 0.922. The maximum Gasteiger partial charge on any atom is 0.147 e. The van der Waals surface area contributed by atoms with Gasteiger partial charge in [-0.1, -0.05) is 6.92 Å². The second-order valence-corrected chi connectivity index (χ2v) is 4.12. The van der Waals surface area contributed by atoms with Crippen LogP contribution in [-0.2, 0) is 11.3 Å². The van der Waals surface area contributed by atoms with Gasteiger partial charge in [0, 0.05) is 32.9 Å². The lowest BCUT2D eigenvalue weighted by Gasteiger charge is -2.21. The van der Waals surface area contributed by atoms with Crippen LogP contribution in [0.3, 0.4) is 0 Å².